The molecule has 0 fully saturated rings. The Kier molecular flexibility index (Phi) is 9.90. The van der Waals surface area contributed by atoms with E-state index in [1.54, 1.807) is 48.5 Å². The van der Waals surface area contributed by atoms with Gasteiger partial charge in [-0.2, -0.15) is 13.2 Å². The molecule has 2 rings (SSSR count). The minimum Gasteiger partial charge on any atom is -0.443 e. The van der Waals surface area contributed by atoms with Crippen LogP contribution in [0.1, 0.15) is 76.0 Å². The van der Waals surface area contributed by atoms with Crippen LogP contribution in [0, 0.1) is 0 Å². The molecule has 212 valence electrons. The maximum absolute atomic E-state index is 13.8. The van der Waals surface area contributed by atoms with Gasteiger partial charge in [0.1, 0.15) is 11.2 Å². The number of ketones is 1. The molecule has 0 saturated carbocycles. The number of hydrogen-bond acceptors (Lipinski definition) is 5. The van der Waals surface area contributed by atoms with Gasteiger partial charge in [0.05, 0.1) is 11.6 Å². The first kappa shape index (κ1) is 32.2. The number of rotatable bonds is 5. The minimum absolute atomic E-state index is 0.0158. The van der Waals surface area contributed by atoms with E-state index in [1.165, 1.54) is 30.3 Å². The van der Waals surface area contributed by atoms with Crippen LogP contribution in [-0.4, -0.2) is 40.2 Å². The van der Waals surface area contributed by atoms with Gasteiger partial charge in [0.15, 0.2) is 5.78 Å². The second-order valence-corrected chi connectivity index (χ2v) is 11.6. The van der Waals surface area contributed by atoms with E-state index in [1.807, 2.05) is 0 Å². The number of halogens is 5. The number of amides is 2. The highest BCUT2D eigenvalue weighted by Crippen LogP contribution is 2.36. The van der Waals surface area contributed by atoms with Gasteiger partial charge in [-0.15, -0.1) is 0 Å². The van der Waals surface area contributed by atoms with Crippen LogP contribution in [0.4, 0.5) is 22.8 Å². The molecule has 11 heteroatoms. The van der Waals surface area contributed by atoms with Gasteiger partial charge in [0.2, 0.25) is 0 Å². The second kappa shape index (κ2) is 12.0. The van der Waals surface area contributed by atoms with Crippen molar-refractivity contribution in [1.82, 2.24) is 4.90 Å². The summed E-state index contributed by atoms with van der Waals surface area (Å²) >= 11 is 11.7. The van der Waals surface area contributed by atoms with Crippen LogP contribution in [-0.2, 0) is 9.47 Å². The first-order valence-electron chi connectivity index (χ1n) is 11.8. The first-order chi connectivity index (χ1) is 17.7. The molecule has 0 aliphatic rings. The zero-order chi connectivity index (χ0) is 29.9. The number of alkyl halides is 3. The molecule has 0 spiro atoms. The molecule has 0 aromatic heterocycles. The summed E-state index contributed by atoms with van der Waals surface area (Å²) in [5, 5.41) is -0.0315. The molecule has 0 saturated heterocycles. The number of carbonyl (C=O) groups excluding carboxylic acids is 3. The fourth-order valence-corrected chi connectivity index (χ4v) is 3.87. The molecule has 0 unspecified atom stereocenters. The number of imide groups is 1. The van der Waals surface area contributed by atoms with Crippen LogP contribution in [0.5, 0.6) is 0 Å². The van der Waals surface area contributed by atoms with Gasteiger partial charge in [-0.05, 0) is 83.9 Å². The fraction of sp³-hybridized carbons (Fsp3) is 0.393. The first-order valence-corrected chi connectivity index (χ1v) is 12.6. The summed E-state index contributed by atoms with van der Waals surface area (Å²) in [7, 11) is 0. The molecule has 0 N–H and O–H groups in total. The van der Waals surface area contributed by atoms with E-state index in [2.05, 4.69) is 0 Å². The monoisotopic (exact) mass is 587 g/mol. The van der Waals surface area contributed by atoms with Gasteiger partial charge >= 0.3 is 18.4 Å². The fourth-order valence-electron chi connectivity index (χ4n) is 3.34. The minimum atomic E-state index is -4.86. The summed E-state index contributed by atoms with van der Waals surface area (Å²) in [5.41, 5.74) is -3.02. The maximum Gasteiger partial charge on any atom is 0.420 e. The van der Waals surface area contributed by atoms with Crippen LogP contribution in [0.2, 0.25) is 10.0 Å². The van der Waals surface area contributed by atoms with Crippen LogP contribution in [0.15, 0.2) is 48.5 Å². The van der Waals surface area contributed by atoms with Gasteiger partial charge in [-0.25, -0.2) is 14.5 Å². The lowest BCUT2D eigenvalue weighted by Gasteiger charge is -2.32. The van der Waals surface area contributed by atoms with Gasteiger partial charge in [0, 0.05) is 15.6 Å². The zero-order valence-corrected chi connectivity index (χ0v) is 24.1. The summed E-state index contributed by atoms with van der Waals surface area (Å²) in [6, 6.07) is 7.96. The molecule has 0 bridgehead atoms. The number of ether oxygens (including phenoxy) is 2. The number of nitrogens with zero attached hydrogens (tertiary/aromatic N) is 1. The third-order valence-corrected chi connectivity index (χ3v) is 5.44. The van der Waals surface area contributed by atoms with Crippen molar-refractivity contribution < 1.29 is 37.0 Å². The van der Waals surface area contributed by atoms with E-state index in [-0.39, 0.29) is 21.2 Å². The second-order valence-electron chi connectivity index (χ2n) is 10.7. The topological polar surface area (TPSA) is 72.9 Å². The highest BCUT2D eigenvalue weighted by Gasteiger charge is 2.37. The molecule has 2 aromatic rings. The Labute approximate surface area is 235 Å². The van der Waals surface area contributed by atoms with E-state index in [4.69, 9.17) is 32.7 Å². The summed E-state index contributed by atoms with van der Waals surface area (Å²) in [6.45, 7) is 11.4. The van der Waals surface area contributed by atoms with E-state index in [0.29, 0.717) is 11.6 Å². The highest BCUT2D eigenvalue weighted by atomic mass is 35.5. The van der Waals surface area contributed by atoms with Crippen LogP contribution in [0.3, 0.4) is 0 Å². The lowest BCUT2D eigenvalue weighted by Crippen LogP contribution is -2.44. The largest absolute Gasteiger partial charge is 0.443 e. The van der Waals surface area contributed by atoms with Crippen molar-refractivity contribution in [1.29, 1.82) is 0 Å². The summed E-state index contributed by atoms with van der Waals surface area (Å²) in [5.74, 6) is -0.922. The molecule has 0 aliphatic heterocycles. The van der Waals surface area contributed by atoms with Gasteiger partial charge in [0.25, 0.3) is 0 Å². The number of hydrogen-bond donors (Lipinski definition) is 0. The maximum atomic E-state index is 13.8. The van der Waals surface area contributed by atoms with Gasteiger partial charge < -0.3 is 9.47 Å². The molecule has 6 nitrogen and oxygen atoms in total. The van der Waals surface area contributed by atoms with Crippen molar-refractivity contribution in [2.24, 2.45) is 0 Å². The summed E-state index contributed by atoms with van der Waals surface area (Å²) < 4.78 is 52.1. The standard InChI is InChI=1S/C28H30Cl2F3NO5/c1-16(34(24(36)38-26(2,3)4)25(37)39-27(5,6)7)17-8-10-18(11-9-17)23(35)15-22(28(31,32)33)19-12-20(29)14-21(30)13-19/h8-16H,1-7H3/t16-/m0/s1. The Balaban J connectivity index is 2.42. The van der Waals surface area contributed by atoms with E-state index >= 15 is 0 Å². The lowest BCUT2D eigenvalue weighted by molar-refractivity contribution is -0.0690. The molecule has 2 amide bonds. The van der Waals surface area contributed by atoms with Crippen molar-refractivity contribution in [3.63, 3.8) is 0 Å². The summed E-state index contributed by atoms with van der Waals surface area (Å²) in [4.78, 5) is 39.4. The third kappa shape index (κ3) is 9.58. The Hall–Kier alpha value is -3.04. The number of benzene rings is 2. The quantitative estimate of drug-likeness (QED) is 0.257. The number of allylic oxidation sites excluding steroid dienone is 2. The lowest BCUT2D eigenvalue weighted by atomic mass is 9.99. The van der Waals surface area contributed by atoms with Crippen LogP contribution < -0.4 is 0 Å². The van der Waals surface area contributed by atoms with E-state index in [0.717, 1.165) is 17.0 Å². The molecule has 2 aromatic carbocycles. The average molecular weight is 588 g/mol. The van der Waals surface area contributed by atoms with Gasteiger partial charge in [-0.1, -0.05) is 47.5 Å². The van der Waals surface area contributed by atoms with Crippen molar-refractivity contribution in [3.05, 3.63) is 75.3 Å². The van der Waals surface area contributed by atoms with Crippen molar-refractivity contribution in [2.75, 3.05) is 0 Å². The molecule has 0 radical (unpaired) electrons. The molecule has 0 aliphatic carbocycles. The zero-order valence-electron chi connectivity index (χ0n) is 22.6. The molecule has 0 heterocycles. The van der Waals surface area contributed by atoms with Crippen LogP contribution >= 0.6 is 23.2 Å². The Morgan fingerprint density at radius 1 is 0.795 bits per heavy atom. The highest BCUT2D eigenvalue weighted by molar-refractivity contribution is 6.35. The molecule has 39 heavy (non-hydrogen) atoms. The predicted molar refractivity (Wildman–Crippen MR) is 144 cm³/mol. The predicted octanol–water partition coefficient (Wildman–Crippen LogP) is 9.06. The van der Waals surface area contributed by atoms with Crippen LogP contribution in [0.25, 0.3) is 5.57 Å². The van der Waals surface area contributed by atoms with Crippen molar-refractivity contribution in [2.45, 2.75) is 71.9 Å². The van der Waals surface area contributed by atoms with Crippen molar-refractivity contribution in [3.8, 4) is 0 Å². The average Bonchev–Trinajstić information content (AvgIpc) is 2.73. The SMILES string of the molecule is C[C@@H](c1ccc(C(=O)C=C(c2cc(Cl)cc(Cl)c2)C(F)(F)F)cc1)N(C(=O)OC(C)(C)C)C(=O)OC(C)(C)C. The number of carbonyl (C=O) groups is 3. The molecule has 1 atom stereocenters. The Morgan fingerprint density at radius 2 is 1.23 bits per heavy atom. The summed E-state index contributed by atoms with van der Waals surface area (Å²) in [6.07, 6.45) is -6.28. The molecular formula is C28H30Cl2F3NO5. The normalized spacial score (nSPS) is 13.5. The van der Waals surface area contributed by atoms with E-state index in [9.17, 15) is 27.6 Å². The Bertz CT molecular complexity index is 1210. The van der Waals surface area contributed by atoms with Crippen molar-refractivity contribution >= 4 is 46.7 Å². The van der Waals surface area contributed by atoms with Gasteiger partial charge in [-0.3, -0.25) is 4.79 Å². The third-order valence-electron chi connectivity index (χ3n) is 5.00. The van der Waals surface area contributed by atoms with E-state index < -0.39 is 47.0 Å². The Morgan fingerprint density at radius 3 is 1.62 bits per heavy atom. The smallest absolute Gasteiger partial charge is 0.420 e. The molecular weight excluding hydrogens is 558 g/mol.